The molecule has 0 spiro atoms. The number of benzene rings is 1. The van der Waals surface area contributed by atoms with Gasteiger partial charge in [0.2, 0.25) is 5.91 Å². The van der Waals surface area contributed by atoms with Gasteiger partial charge in [-0.1, -0.05) is 18.0 Å². The number of ether oxygens (including phenoxy) is 1. The van der Waals surface area contributed by atoms with Crippen LogP contribution in [0, 0.1) is 11.7 Å². The Morgan fingerprint density at radius 2 is 2.09 bits per heavy atom. The van der Waals surface area contributed by atoms with Crippen molar-refractivity contribution in [1.29, 1.82) is 0 Å². The second-order valence-electron chi connectivity index (χ2n) is 8.32. The highest BCUT2D eigenvalue weighted by atomic mass is 35.5. The summed E-state index contributed by atoms with van der Waals surface area (Å²) in [4.78, 5) is 39.2. The zero-order valence-electron chi connectivity index (χ0n) is 18.4. The van der Waals surface area contributed by atoms with Crippen molar-refractivity contribution in [3.8, 4) is 0 Å². The van der Waals surface area contributed by atoms with Gasteiger partial charge in [0.1, 0.15) is 18.5 Å². The van der Waals surface area contributed by atoms with Crippen LogP contribution in [0.4, 0.5) is 15.8 Å². The first-order valence-electron chi connectivity index (χ1n) is 11.2. The zero-order chi connectivity index (χ0) is 24.1. The lowest BCUT2D eigenvalue weighted by Crippen LogP contribution is -2.50. The van der Waals surface area contributed by atoms with E-state index < -0.39 is 17.8 Å². The number of nitrogens with one attached hydrogen (secondary N) is 3. The average molecular weight is 509 g/mol. The van der Waals surface area contributed by atoms with Crippen molar-refractivity contribution in [2.75, 3.05) is 43.1 Å². The van der Waals surface area contributed by atoms with Gasteiger partial charge in [0.15, 0.2) is 0 Å². The van der Waals surface area contributed by atoms with E-state index in [1.54, 1.807) is 18.2 Å². The average Bonchev–Trinajstić information content (AvgIpc) is 3.22. The Labute approximate surface area is 205 Å². The molecular formula is C23H26ClFN4O4S. The lowest BCUT2D eigenvalue weighted by atomic mass is 9.85. The van der Waals surface area contributed by atoms with Crippen molar-refractivity contribution in [3.05, 3.63) is 45.4 Å². The third-order valence-corrected chi connectivity index (χ3v) is 7.18. The van der Waals surface area contributed by atoms with Gasteiger partial charge in [-0.05, 0) is 55.6 Å². The first kappa shape index (κ1) is 24.6. The molecule has 0 unspecified atom stereocenters. The second-order valence-corrected chi connectivity index (χ2v) is 10.0. The van der Waals surface area contributed by atoms with Gasteiger partial charge in [-0.25, -0.2) is 4.39 Å². The SMILES string of the molecule is O=C(NC[C@@H](NCC1CCC1)C(=O)Nc1ccc(N2CCOCC2=O)c(F)c1)c1ccc(Cl)s1. The molecule has 1 aliphatic carbocycles. The van der Waals surface area contributed by atoms with Crippen LogP contribution in [0.5, 0.6) is 0 Å². The quantitative estimate of drug-likeness (QED) is 0.483. The second kappa shape index (κ2) is 11.3. The molecule has 1 aliphatic heterocycles. The van der Waals surface area contributed by atoms with Crippen LogP contribution >= 0.6 is 22.9 Å². The molecule has 1 saturated heterocycles. The van der Waals surface area contributed by atoms with Crippen molar-refractivity contribution in [2.45, 2.75) is 25.3 Å². The van der Waals surface area contributed by atoms with E-state index in [0.717, 1.165) is 24.2 Å². The summed E-state index contributed by atoms with van der Waals surface area (Å²) in [5.41, 5.74) is 0.409. The Balaban J connectivity index is 1.40. The fourth-order valence-electron chi connectivity index (χ4n) is 3.79. The lowest BCUT2D eigenvalue weighted by molar-refractivity contribution is -0.125. The maximum Gasteiger partial charge on any atom is 0.261 e. The van der Waals surface area contributed by atoms with E-state index in [-0.39, 0.29) is 42.9 Å². The Kier molecular flexibility index (Phi) is 8.15. The predicted octanol–water partition coefficient (Wildman–Crippen LogP) is 3.03. The first-order valence-corrected chi connectivity index (χ1v) is 12.4. The summed E-state index contributed by atoms with van der Waals surface area (Å²) in [6.07, 6.45) is 3.39. The summed E-state index contributed by atoms with van der Waals surface area (Å²) in [7, 11) is 0. The number of halogens is 2. The summed E-state index contributed by atoms with van der Waals surface area (Å²) in [6, 6.07) is 6.77. The molecule has 8 nitrogen and oxygen atoms in total. The summed E-state index contributed by atoms with van der Waals surface area (Å²) in [5.74, 6) is -1.13. The largest absolute Gasteiger partial charge is 0.370 e. The van der Waals surface area contributed by atoms with Crippen LogP contribution in [0.15, 0.2) is 30.3 Å². The summed E-state index contributed by atoms with van der Waals surface area (Å²) >= 11 is 7.06. The number of carbonyl (C=O) groups is 3. The van der Waals surface area contributed by atoms with E-state index in [9.17, 15) is 18.8 Å². The molecule has 1 aromatic carbocycles. The third-order valence-electron chi connectivity index (χ3n) is 5.95. The standard InChI is InChI=1S/C23H26ClFN4O4S/c24-20-7-6-19(34-20)23(32)27-12-17(26-11-14-2-1-3-14)22(31)28-15-4-5-18(16(25)10-15)29-8-9-33-13-21(29)30/h4-7,10,14,17,26H,1-3,8-9,11-13H2,(H,27,32)(H,28,31)/t17-/m1/s1. The highest BCUT2D eigenvalue weighted by Gasteiger charge is 2.25. The van der Waals surface area contributed by atoms with E-state index >= 15 is 0 Å². The molecule has 2 aromatic rings. The van der Waals surface area contributed by atoms with Crippen LogP contribution < -0.4 is 20.9 Å². The molecule has 1 atom stereocenters. The molecule has 2 heterocycles. The van der Waals surface area contributed by atoms with Gasteiger partial charge in [-0.3, -0.25) is 14.4 Å². The van der Waals surface area contributed by atoms with Crippen LogP contribution in [0.1, 0.15) is 28.9 Å². The highest BCUT2D eigenvalue weighted by Crippen LogP contribution is 2.26. The van der Waals surface area contributed by atoms with Gasteiger partial charge in [0.25, 0.3) is 11.8 Å². The molecule has 2 fully saturated rings. The van der Waals surface area contributed by atoms with Crippen molar-refractivity contribution in [1.82, 2.24) is 10.6 Å². The van der Waals surface area contributed by atoms with Crippen LogP contribution in [0.25, 0.3) is 0 Å². The molecule has 3 amide bonds. The van der Waals surface area contributed by atoms with E-state index in [4.69, 9.17) is 16.3 Å². The van der Waals surface area contributed by atoms with Crippen LogP contribution in [0.3, 0.4) is 0 Å². The molecule has 11 heteroatoms. The number of thiophene rings is 1. The first-order chi connectivity index (χ1) is 16.4. The molecular weight excluding hydrogens is 483 g/mol. The lowest BCUT2D eigenvalue weighted by Gasteiger charge is -2.28. The number of morpholine rings is 1. The van der Waals surface area contributed by atoms with Gasteiger partial charge in [0, 0.05) is 18.8 Å². The Morgan fingerprint density at radius 3 is 2.74 bits per heavy atom. The number of anilines is 2. The highest BCUT2D eigenvalue weighted by molar-refractivity contribution is 7.18. The minimum absolute atomic E-state index is 0.0652. The normalized spacial score (nSPS) is 17.2. The Hall–Kier alpha value is -2.53. The zero-order valence-corrected chi connectivity index (χ0v) is 20.0. The Morgan fingerprint density at radius 1 is 1.26 bits per heavy atom. The van der Waals surface area contributed by atoms with Gasteiger partial charge in [-0.2, -0.15) is 0 Å². The molecule has 0 radical (unpaired) electrons. The minimum Gasteiger partial charge on any atom is -0.370 e. The van der Waals surface area contributed by atoms with Crippen LogP contribution in [0.2, 0.25) is 4.34 Å². The molecule has 2 aliphatic rings. The minimum atomic E-state index is -0.705. The topological polar surface area (TPSA) is 99.8 Å². The fourth-order valence-corrected chi connectivity index (χ4v) is 4.75. The van der Waals surface area contributed by atoms with Crippen LogP contribution in [-0.4, -0.2) is 56.6 Å². The van der Waals surface area contributed by atoms with Crippen LogP contribution in [-0.2, 0) is 14.3 Å². The number of hydrogen-bond acceptors (Lipinski definition) is 6. The van der Waals surface area contributed by atoms with Gasteiger partial charge in [-0.15, -0.1) is 11.3 Å². The predicted molar refractivity (Wildman–Crippen MR) is 129 cm³/mol. The fraction of sp³-hybridized carbons (Fsp3) is 0.435. The van der Waals surface area contributed by atoms with E-state index in [1.165, 1.54) is 23.5 Å². The third kappa shape index (κ3) is 6.12. The van der Waals surface area contributed by atoms with Crippen molar-refractivity contribution in [3.63, 3.8) is 0 Å². The smallest absolute Gasteiger partial charge is 0.261 e. The number of nitrogens with zero attached hydrogens (tertiary/aromatic N) is 1. The molecule has 3 N–H and O–H groups in total. The van der Waals surface area contributed by atoms with Gasteiger partial charge in [0.05, 0.1) is 21.5 Å². The monoisotopic (exact) mass is 508 g/mol. The van der Waals surface area contributed by atoms with E-state index in [1.807, 2.05) is 0 Å². The van der Waals surface area contributed by atoms with E-state index in [0.29, 0.717) is 28.3 Å². The van der Waals surface area contributed by atoms with E-state index in [2.05, 4.69) is 16.0 Å². The molecule has 182 valence electrons. The number of hydrogen-bond donors (Lipinski definition) is 3. The maximum absolute atomic E-state index is 14.7. The number of amides is 3. The molecule has 34 heavy (non-hydrogen) atoms. The molecule has 4 rings (SSSR count). The van der Waals surface area contributed by atoms with Gasteiger partial charge >= 0.3 is 0 Å². The Bertz CT molecular complexity index is 1060. The summed E-state index contributed by atoms with van der Waals surface area (Å²) in [6.45, 7) is 1.24. The van der Waals surface area contributed by atoms with Crippen molar-refractivity contribution in [2.24, 2.45) is 5.92 Å². The summed E-state index contributed by atoms with van der Waals surface area (Å²) in [5, 5.41) is 8.71. The summed E-state index contributed by atoms with van der Waals surface area (Å²) < 4.78 is 20.3. The molecule has 0 bridgehead atoms. The van der Waals surface area contributed by atoms with Crippen molar-refractivity contribution < 1.29 is 23.5 Å². The molecule has 1 aromatic heterocycles. The maximum atomic E-state index is 14.7. The van der Waals surface area contributed by atoms with Crippen molar-refractivity contribution >= 4 is 52.0 Å². The number of carbonyl (C=O) groups excluding carboxylic acids is 3. The number of rotatable bonds is 9. The van der Waals surface area contributed by atoms with Gasteiger partial charge < -0.3 is 25.6 Å². The molecule has 1 saturated carbocycles.